The topological polar surface area (TPSA) is 97.9 Å². The van der Waals surface area contributed by atoms with E-state index in [9.17, 15) is 9.59 Å². The number of hydrogen-bond donors (Lipinski definition) is 1. The Bertz CT molecular complexity index is 1580. The molecule has 0 unspecified atom stereocenters. The second-order valence-electron chi connectivity index (χ2n) is 9.23. The van der Waals surface area contributed by atoms with Crippen molar-refractivity contribution < 1.29 is 9.59 Å². The lowest BCUT2D eigenvalue weighted by atomic mass is 10.0. The zero-order chi connectivity index (χ0) is 25.4. The summed E-state index contributed by atoms with van der Waals surface area (Å²) in [6, 6.07) is 15.7. The summed E-state index contributed by atoms with van der Waals surface area (Å²) in [7, 11) is 0. The average Bonchev–Trinajstić information content (AvgIpc) is 3.69. The molecule has 0 spiro atoms. The first-order valence-corrected chi connectivity index (χ1v) is 13.0. The highest BCUT2D eigenvalue weighted by Gasteiger charge is 2.25. The van der Waals surface area contributed by atoms with Gasteiger partial charge in [0, 0.05) is 29.5 Å². The Balaban J connectivity index is 1.07. The van der Waals surface area contributed by atoms with Crippen LogP contribution in [0.4, 0.5) is 5.69 Å². The molecule has 0 atom stereocenters. The molecule has 6 rings (SSSR count). The number of fused-ring (bicyclic) bond motifs is 1. The van der Waals surface area contributed by atoms with Crippen molar-refractivity contribution in [3.05, 3.63) is 89.6 Å². The van der Waals surface area contributed by atoms with Crippen molar-refractivity contribution in [1.29, 1.82) is 0 Å². The number of piperidine rings is 1. The van der Waals surface area contributed by atoms with Crippen molar-refractivity contribution >= 4 is 38.9 Å². The number of nitrogens with zero attached hydrogens (tertiary/aromatic N) is 6. The molecule has 1 aliphatic heterocycles. The molecular weight excluding hydrogens is 486 g/mol. The van der Waals surface area contributed by atoms with E-state index < -0.39 is 0 Å². The van der Waals surface area contributed by atoms with Gasteiger partial charge in [0.05, 0.1) is 28.5 Å². The molecule has 1 N–H and O–H groups in total. The van der Waals surface area contributed by atoms with Gasteiger partial charge in [0.15, 0.2) is 0 Å². The highest BCUT2D eigenvalue weighted by Crippen LogP contribution is 2.28. The van der Waals surface area contributed by atoms with E-state index >= 15 is 0 Å². The fourth-order valence-electron chi connectivity index (χ4n) is 4.68. The number of thiophene rings is 1. The maximum absolute atomic E-state index is 13.1. The predicted octanol–water partition coefficient (Wildman–Crippen LogP) is 4.72. The van der Waals surface area contributed by atoms with Crippen molar-refractivity contribution in [2.24, 2.45) is 0 Å². The third-order valence-corrected chi connectivity index (χ3v) is 7.76. The van der Waals surface area contributed by atoms with Crippen LogP contribution in [0.2, 0.25) is 0 Å². The van der Waals surface area contributed by atoms with Crippen molar-refractivity contribution in [2.45, 2.75) is 25.8 Å². The zero-order valence-corrected chi connectivity index (χ0v) is 21.1. The van der Waals surface area contributed by atoms with E-state index in [4.69, 9.17) is 0 Å². The fraction of sp³-hybridized carbons (Fsp3) is 0.222. The molecule has 1 aliphatic rings. The number of hydrogen-bond acceptors (Lipinski definition) is 6. The Hall–Kier alpha value is -4.31. The van der Waals surface area contributed by atoms with Crippen LogP contribution in [0.15, 0.2) is 73.6 Å². The fourth-order valence-corrected chi connectivity index (χ4v) is 5.74. The third-order valence-electron chi connectivity index (χ3n) is 6.66. The molecule has 1 saturated heterocycles. The highest BCUT2D eigenvalue weighted by molar-refractivity contribution is 7.20. The molecule has 1 fully saturated rings. The van der Waals surface area contributed by atoms with E-state index in [-0.39, 0.29) is 17.9 Å². The number of benzene rings is 2. The molecular formula is C27H25N7O2S. The lowest BCUT2D eigenvalue weighted by Gasteiger charge is -2.32. The summed E-state index contributed by atoms with van der Waals surface area (Å²) in [6.07, 6.45) is 8.22. The number of nitrogens with one attached hydrogen (secondary N) is 1. The quantitative estimate of drug-likeness (QED) is 0.368. The van der Waals surface area contributed by atoms with Gasteiger partial charge in [-0.15, -0.1) is 11.3 Å². The van der Waals surface area contributed by atoms with Gasteiger partial charge in [-0.2, -0.15) is 10.2 Å². The van der Waals surface area contributed by atoms with Gasteiger partial charge in [-0.05, 0) is 61.0 Å². The summed E-state index contributed by atoms with van der Waals surface area (Å²) in [6.45, 7) is 3.32. The Morgan fingerprint density at radius 2 is 1.92 bits per heavy atom. The molecule has 10 heteroatoms. The molecule has 0 bridgehead atoms. The molecule has 3 aromatic heterocycles. The number of amides is 2. The minimum atomic E-state index is -0.132. The second-order valence-corrected chi connectivity index (χ2v) is 10.3. The molecule has 186 valence electrons. The van der Waals surface area contributed by atoms with Crippen LogP contribution in [0.3, 0.4) is 0 Å². The van der Waals surface area contributed by atoms with Gasteiger partial charge < -0.3 is 10.2 Å². The number of carbonyl (C=O) groups excluding carboxylic acids is 2. The van der Waals surface area contributed by atoms with E-state index in [2.05, 4.69) is 32.6 Å². The number of rotatable bonds is 5. The molecule has 0 aliphatic carbocycles. The van der Waals surface area contributed by atoms with Gasteiger partial charge in [0.1, 0.15) is 12.7 Å². The lowest BCUT2D eigenvalue weighted by molar-refractivity contribution is 0.0689. The van der Waals surface area contributed by atoms with Gasteiger partial charge in [-0.1, -0.05) is 18.2 Å². The largest absolute Gasteiger partial charge is 0.338 e. The van der Waals surface area contributed by atoms with Gasteiger partial charge in [-0.25, -0.2) is 9.67 Å². The van der Waals surface area contributed by atoms with Crippen LogP contribution in [0.25, 0.3) is 15.8 Å². The zero-order valence-electron chi connectivity index (χ0n) is 20.2. The third kappa shape index (κ3) is 4.75. The molecule has 9 nitrogen and oxygen atoms in total. The summed E-state index contributed by atoms with van der Waals surface area (Å²) in [4.78, 5) is 32.5. The number of carbonyl (C=O) groups is 2. The van der Waals surface area contributed by atoms with Crippen molar-refractivity contribution in [3.8, 4) is 5.69 Å². The normalized spacial score (nSPS) is 14.2. The highest BCUT2D eigenvalue weighted by atomic mass is 32.1. The molecule has 4 heterocycles. The first-order valence-electron chi connectivity index (χ1n) is 12.1. The number of likely N-dealkylation sites (tertiary alicyclic amines) is 1. The number of anilines is 1. The van der Waals surface area contributed by atoms with Crippen molar-refractivity contribution in [3.63, 3.8) is 0 Å². The minimum absolute atomic E-state index is 0.00682. The van der Waals surface area contributed by atoms with E-state index in [0.29, 0.717) is 29.2 Å². The van der Waals surface area contributed by atoms with Crippen molar-refractivity contribution in [1.82, 2.24) is 29.4 Å². The van der Waals surface area contributed by atoms with Crippen LogP contribution < -0.4 is 5.32 Å². The SMILES string of the molecule is Cc1ccc2cc(C(=O)Nc3cnn(C4CCN(C(=O)c5cccc(-n6cncn6)c5)CC4)c3)sc2c1. The summed E-state index contributed by atoms with van der Waals surface area (Å²) in [5.74, 6) is -0.126. The van der Waals surface area contributed by atoms with Gasteiger partial charge in [-0.3, -0.25) is 14.3 Å². The smallest absolute Gasteiger partial charge is 0.265 e. The maximum atomic E-state index is 13.1. The van der Waals surface area contributed by atoms with Crippen molar-refractivity contribution in [2.75, 3.05) is 18.4 Å². The van der Waals surface area contributed by atoms with Crippen LogP contribution in [-0.4, -0.2) is 54.3 Å². The average molecular weight is 512 g/mol. The lowest BCUT2D eigenvalue weighted by Crippen LogP contribution is -2.39. The van der Waals surface area contributed by atoms with Gasteiger partial charge in [0.2, 0.25) is 0 Å². The van der Waals surface area contributed by atoms with Gasteiger partial charge in [0.25, 0.3) is 11.8 Å². The summed E-state index contributed by atoms with van der Waals surface area (Å²) >= 11 is 1.49. The van der Waals surface area contributed by atoms with Crippen LogP contribution in [0, 0.1) is 6.92 Å². The summed E-state index contributed by atoms with van der Waals surface area (Å²) in [5, 5.41) is 12.7. The monoisotopic (exact) mass is 511 g/mol. The second kappa shape index (κ2) is 9.62. The van der Waals surface area contributed by atoms with Crippen LogP contribution in [0.5, 0.6) is 0 Å². The predicted molar refractivity (Wildman–Crippen MR) is 142 cm³/mol. The summed E-state index contributed by atoms with van der Waals surface area (Å²) < 4.78 is 4.64. The van der Waals surface area contributed by atoms with E-state index in [1.807, 2.05) is 59.1 Å². The molecule has 0 radical (unpaired) electrons. The van der Waals surface area contributed by atoms with E-state index in [1.165, 1.54) is 23.2 Å². The van der Waals surface area contributed by atoms with Crippen LogP contribution in [0.1, 0.15) is 44.5 Å². The molecule has 37 heavy (non-hydrogen) atoms. The van der Waals surface area contributed by atoms with Crippen LogP contribution >= 0.6 is 11.3 Å². The first kappa shape index (κ1) is 23.1. The number of aromatic nitrogens is 5. The Morgan fingerprint density at radius 1 is 1.05 bits per heavy atom. The molecule has 0 saturated carbocycles. The molecule has 2 amide bonds. The Kier molecular flexibility index (Phi) is 6.01. The van der Waals surface area contributed by atoms with Gasteiger partial charge >= 0.3 is 0 Å². The van der Waals surface area contributed by atoms with E-state index in [1.54, 1.807) is 17.2 Å². The first-order chi connectivity index (χ1) is 18.0. The number of aryl methyl sites for hydroxylation is 1. The van der Waals surface area contributed by atoms with E-state index in [0.717, 1.165) is 28.6 Å². The van der Waals surface area contributed by atoms with Crippen LogP contribution in [-0.2, 0) is 0 Å². The standard InChI is InChI=1S/C27H25N7O2S/c1-18-5-6-19-13-25(37-24(19)11-18)26(35)31-21-14-29-33(15-21)22-7-9-32(10-8-22)27(36)20-3-2-4-23(12-20)34-17-28-16-30-34/h2-6,11-17,22H,7-10H2,1H3,(H,31,35). The maximum Gasteiger partial charge on any atom is 0.265 e. The minimum Gasteiger partial charge on any atom is -0.338 e. The Labute approximate surface area is 217 Å². The molecule has 2 aromatic carbocycles. The Morgan fingerprint density at radius 3 is 2.73 bits per heavy atom. The summed E-state index contributed by atoms with van der Waals surface area (Å²) in [5.41, 5.74) is 3.28. The molecule has 5 aromatic rings.